The zero-order chi connectivity index (χ0) is 25.2. The van der Waals surface area contributed by atoms with E-state index in [2.05, 4.69) is 26.0 Å². The first-order valence-corrected chi connectivity index (χ1v) is 11.9. The van der Waals surface area contributed by atoms with Gasteiger partial charge in [-0.1, -0.05) is 58.4 Å². The Hall–Kier alpha value is -4.30. The summed E-state index contributed by atoms with van der Waals surface area (Å²) >= 11 is 3.41. The molecule has 0 radical (unpaired) electrons. The minimum Gasteiger partial charge on any atom is -0.488 e. The second-order valence-corrected chi connectivity index (χ2v) is 9.09. The molecule has 178 valence electrons. The van der Waals surface area contributed by atoms with Crippen LogP contribution in [0.15, 0.2) is 93.2 Å². The first-order valence-electron chi connectivity index (χ1n) is 11.1. The van der Waals surface area contributed by atoms with Crippen molar-refractivity contribution in [2.45, 2.75) is 13.5 Å². The number of fused-ring (bicyclic) bond motifs is 2. The monoisotopic (exact) mass is 541 g/mol. The van der Waals surface area contributed by atoms with E-state index >= 15 is 0 Å². The summed E-state index contributed by atoms with van der Waals surface area (Å²) in [6, 6.07) is 23.6. The summed E-state index contributed by atoms with van der Waals surface area (Å²) in [7, 11) is 0. The van der Waals surface area contributed by atoms with E-state index in [1.165, 1.54) is 4.68 Å². The average molecular weight is 542 g/mol. The van der Waals surface area contributed by atoms with Crippen molar-refractivity contribution in [1.82, 2.24) is 9.66 Å². The van der Waals surface area contributed by atoms with Crippen LogP contribution >= 0.6 is 15.9 Å². The highest BCUT2D eigenvalue weighted by molar-refractivity contribution is 9.10. The number of nitrogens with zero attached hydrogens (tertiary/aromatic N) is 3. The molecule has 0 spiro atoms. The van der Waals surface area contributed by atoms with Crippen LogP contribution in [0.5, 0.6) is 5.75 Å². The molecule has 0 unspecified atom stereocenters. The molecule has 0 aliphatic heterocycles. The second kappa shape index (κ2) is 9.75. The lowest BCUT2D eigenvalue weighted by molar-refractivity contribution is 0.0697. The van der Waals surface area contributed by atoms with Crippen molar-refractivity contribution in [3.63, 3.8) is 0 Å². The third-order valence-electron chi connectivity index (χ3n) is 5.80. The van der Waals surface area contributed by atoms with E-state index in [0.717, 1.165) is 26.4 Å². The molecule has 5 rings (SSSR count). The van der Waals surface area contributed by atoms with E-state index in [1.54, 1.807) is 49.5 Å². The molecule has 8 heteroatoms. The molecule has 7 nitrogen and oxygen atoms in total. The Balaban J connectivity index is 1.54. The molecule has 5 aromatic rings. The van der Waals surface area contributed by atoms with E-state index < -0.39 is 5.97 Å². The van der Waals surface area contributed by atoms with Gasteiger partial charge in [-0.3, -0.25) is 4.79 Å². The van der Waals surface area contributed by atoms with E-state index in [-0.39, 0.29) is 17.7 Å². The summed E-state index contributed by atoms with van der Waals surface area (Å²) in [5.74, 6) is 0.0748. The Kier molecular flexibility index (Phi) is 6.35. The van der Waals surface area contributed by atoms with Gasteiger partial charge < -0.3 is 9.84 Å². The lowest BCUT2D eigenvalue weighted by Crippen LogP contribution is -2.20. The molecule has 1 aromatic heterocycles. The molecule has 0 atom stereocenters. The molecule has 0 saturated carbocycles. The van der Waals surface area contributed by atoms with Crippen LogP contribution in [-0.4, -0.2) is 27.0 Å². The lowest BCUT2D eigenvalue weighted by atomic mass is 10.0. The number of hydrogen-bond acceptors (Lipinski definition) is 5. The van der Waals surface area contributed by atoms with Gasteiger partial charge in [-0.05, 0) is 59.7 Å². The first-order chi connectivity index (χ1) is 17.4. The Labute approximate surface area is 214 Å². The largest absolute Gasteiger partial charge is 0.488 e. The van der Waals surface area contributed by atoms with Gasteiger partial charge in [-0.2, -0.15) is 9.78 Å². The molecule has 36 heavy (non-hydrogen) atoms. The van der Waals surface area contributed by atoms with Crippen molar-refractivity contribution >= 4 is 49.8 Å². The van der Waals surface area contributed by atoms with Gasteiger partial charge in [0.25, 0.3) is 5.56 Å². The minimum atomic E-state index is -0.975. The number of aromatic nitrogens is 2. The third kappa shape index (κ3) is 4.63. The van der Waals surface area contributed by atoms with Crippen molar-refractivity contribution in [2.24, 2.45) is 5.10 Å². The van der Waals surface area contributed by atoms with Gasteiger partial charge in [0.15, 0.2) is 0 Å². The predicted octanol–water partition coefficient (Wildman–Crippen LogP) is 5.78. The van der Waals surface area contributed by atoms with Crippen molar-refractivity contribution in [2.75, 3.05) is 0 Å². The number of carbonyl (C=O) groups is 1. The summed E-state index contributed by atoms with van der Waals surface area (Å²) in [4.78, 5) is 28.8. The van der Waals surface area contributed by atoms with Crippen LogP contribution in [0.1, 0.15) is 27.3 Å². The standard InChI is InChI=1S/C28H20BrN3O4/c1-17-31-25-12-11-21(29)14-23(25)27(33)32(17)30-15-24-22-5-3-2-4-19(22)10-13-26(24)36-16-18-6-8-20(9-7-18)28(34)35/h2-15H,16H2,1H3,(H,34,35). The predicted molar refractivity (Wildman–Crippen MR) is 143 cm³/mol. The average Bonchev–Trinajstić information content (AvgIpc) is 2.88. The number of aromatic carboxylic acids is 1. The quantitative estimate of drug-likeness (QED) is 0.275. The maximum atomic E-state index is 13.2. The summed E-state index contributed by atoms with van der Waals surface area (Å²) in [5.41, 5.74) is 2.10. The summed E-state index contributed by atoms with van der Waals surface area (Å²) in [6.07, 6.45) is 1.62. The molecular formula is C28H20BrN3O4. The number of hydrogen-bond donors (Lipinski definition) is 1. The highest BCUT2D eigenvalue weighted by Crippen LogP contribution is 2.28. The van der Waals surface area contributed by atoms with Crippen molar-refractivity contribution in [3.8, 4) is 5.75 Å². The van der Waals surface area contributed by atoms with Crippen LogP contribution in [0.4, 0.5) is 0 Å². The molecule has 1 N–H and O–H groups in total. The van der Waals surface area contributed by atoms with Crippen LogP contribution in [0.2, 0.25) is 0 Å². The third-order valence-corrected chi connectivity index (χ3v) is 6.29. The molecule has 1 heterocycles. The molecule has 0 bridgehead atoms. The smallest absolute Gasteiger partial charge is 0.335 e. The number of aryl methyl sites for hydroxylation is 1. The van der Waals surface area contributed by atoms with Crippen LogP contribution < -0.4 is 10.3 Å². The molecule has 4 aromatic carbocycles. The zero-order valence-corrected chi connectivity index (χ0v) is 20.8. The molecule has 0 fully saturated rings. The van der Waals surface area contributed by atoms with Crippen LogP contribution in [0.25, 0.3) is 21.7 Å². The first kappa shape index (κ1) is 23.4. The highest BCUT2D eigenvalue weighted by atomic mass is 79.9. The van der Waals surface area contributed by atoms with Gasteiger partial charge in [-0.15, -0.1) is 0 Å². The molecule has 0 amide bonds. The van der Waals surface area contributed by atoms with Gasteiger partial charge in [-0.25, -0.2) is 9.78 Å². The number of carboxylic acids is 1. The van der Waals surface area contributed by atoms with Crippen molar-refractivity contribution in [3.05, 3.63) is 116 Å². The highest BCUT2D eigenvalue weighted by Gasteiger charge is 2.11. The Morgan fingerprint density at radius 2 is 1.83 bits per heavy atom. The Morgan fingerprint density at radius 3 is 2.61 bits per heavy atom. The Morgan fingerprint density at radius 1 is 1.06 bits per heavy atom. The Bertz CT molecular complexity index is 1710. The van der Waals surface area contributed by atoms with Gasteiger partial charge in [0.05, 0.1) is 22.7 Å². The second-order valence-electron chi connectivity index (χ2n) is 8.17. The summed E-state index contributed by atoms with van der Waals surface area (Å²) in [5, 5.41) is 16.0. The van der Waals surface area contributed by atoms with Crippen LogP contribution in [0, 0.1) is 6.92 Å². The number of carboxylic acid groups (broad SMARTS) is 1. The van der Waals surface area contributed by atoms with Crippen LogP contribution in [0.3, 0.4) is 0 Å². The summed E-state index contributed by atoms with van der Waals surface area (Å²) < 4.78 is 8.19. The fraction of sp³-hybridized carbons (Fsp3) is 0.0714. The van der Waals surface area contributed by atoms with Crippen molar-refractivity contribution < 1.29 is 14.6 Å². The number of rotatable bonds is 6. The molecular weight excluding hydrogens is 522 g/mol. The number of ether oxygens (including phenoxy) is 1. The van der Waals surface area contributed by atoms with E-state index in [1.807, 2.05) is 42.5 Å². The van der Waals surface area contributed by atoms with E-state index in [4.69, 9.17) is 9.84 Å². The molecule has 0 aliphatic carbocycles. The molecule has 0 aliphatic rings. The van der Waals surface area contributed by atoms with Gasteiger partial charge in [0.1, 0.15) is 18.2 Å². The maximum Gasteiger partial charge on any atom is 0.335 e. The van der Waals surface area contributed by atoms with E-state index in [0.29, 0.717) is 22.5 Å². The zero-order valence-electron chi connectivity index (χ0n) is 19.2. The maximum absolute atomic E-state index is 13.2. The van der Waals surface area contributed by atoms with Crippen molar-refractivity contribution in [1.29, 1.82) is 0 Å². The summed E-state index contributed by atoms with van der Waals surface area (Å²) in [6.45, 7) is 1.98. The minimum absolute atomic E-state index is 0.217. The van der Waals surface area contributed by atoms with E-state index in [9.17, 15) is 9.59 Å². The SMILES string of the molecule is Cc1nc2ccc(Br)cc2c(=O)n1N=Cc1c(OCc2ccc(C(=O)O)cc2)ccc2ccccc12. The topological polar surface area (TPSA) is 93.8 Å². The fourth-order valence-electron chi connectivity index (χ4n) is 3.95. The normalized spacial score (nSPS) is 11.4. The number of benzene rings is 4. The lowest BCUT2D eigenvalue weighted by Gasteiger charge is -2.12. The van der Waals surface area contributed by atoms with Gasteiger partial charge >= 0.3 is 5.97 Å². The molecule has 0 saturated heterocycles. The van der Waals surface area contributed by atoms with Gasteiger partial charge in [0.2, 0.25) is 0 Å². The number of halogens is 1. The fourth-order valence-corrected chi connectivity index (χ4v) is 4.31. The van der Waals surface area contributed by atoms with Gasteiger partial charge in [0, 0.05) is 10.0 Å². The van der Waals surface area contributed by atoms with Crippen LogP contribution in [-0.2, 0) is 6.61 Å².